The van der Waals surface area contributed by atoms with Gasteiger partial charge in [-0.3, -0.25) is 0 Å². The number of aromatic hydroxyl groups is 4. The van der Waals surface area contributed by atoms with Crippen molar-refractivity contribution in [2.45, 2.75) is 25.2 Å². The third-order valence-electron chi connectivity index (χ3n) is 4.80. The van der Waals surface area contributed by atoms with E-state index in [9.17, 15) is 20.4 Å². The molecule has 6 heteroatoms. The van der Waals surface area contributed by atoms with Crippen LogP contribution in [0.1, 0.15) is 22.8 Å². The molecule has 144 valence electrons. The summed E-state index contributed by atoms with van der Waals surface area (Å²) in [4.78, 5) is 0. The van der Waals surface area contributed by atoms with Crippen molar-refractivity contribution in [3.05, 3.63) is 77.4 Å². The maximum Gasteiger partial charge on any atom is 0.157 e. The largest absolute Gasteiger partial charge is 0.508 e. The van der Waals surface area contributed by atoms with Crippen molar-refractivity contribution in [3.8, 4) is 28.7 Å². The Bertz CT molecular complexity index is 986. The third kappa shape index (κ3) is 3.54. The number of hydrogen-bond acceptors (Lipinski definition) is 6. The Labute approximate surface area is 161 Å². The zero-order valence-electron chi connectivity index (χ0n) is 14.9. The highest BCUT2D eigenvalue weighted by atomic mass is 16.5. The van der Waals surface area contributed by atoms with E-state index in [1.165, 1.54) is 24.3 Å². The molecule has 4 rings (SSSR count). The minimum atomic E-state index is -0.594. The predicted octanol–water partition coefficient (Wildman–Crippen LogP) is 3.77. The summed E-state index contributed by atoms with van der Waals surface area (Å²) in [5, 5.41) is 39.5. The Morgan fingerprint density at radius 2 is 1.64 bits per heavy atom. The minimum Gasteiger partial charge on any atom is -0.508 e. The number of benzene rings is 3. The molecule has 28 heavy (non-hydrogen) atoms. The van der Waals surface area contributed by atoms with Crippen molar-refractivity contribution in [2.24, 2.45) is 0 Å². The summed E-state index contributed by atoms with van der Waals surface area (Å²) < 4.78 is 12.1. The van der Waals surface area contributed by atoms with E-state index in [0.717, 1.165) is 5.56 Å². The first kappa shape index (κ1) is 18.0. The van der Waals surface area contributed by atoms with E-state index in [1.807, 2.05) is 30.3 Å². The number of hydrogen-bond donors (Lipinski definition) is 4. The molecular weight excluding hydrogens is 360 g/mol. The molecule has 4 N–H and O–H groups in total. The molecule has 1 heterocycles. The molecule has 0 bridgehead atoms. The lowest BCUT2D eigenvalue weighted by molar-refractivity contribution is -0.0466. The lowest BCUT2D eigenvalue weighted by atomic mass is 9.93. The Balaban J connectivity index is 1.67. The molecule has 1 aliphatic heterocycles. The fourth-order valence-electron chi connectivity index (χ4n) is 3.37. The van der Waals surface area contributed by atoms with Gasteiger partial charge in [-0.05, 0) is 23.3 Å². The average molecular weight is 380 g/mol. The second-order valence-corrected chi connectivity index (χ2v) is 6.77. The highest BCUT2D eigenvalue weighted by Crippen LogP contribution is 2.43. The second-order valence-electron chi connectivity index (χ2n) is 6.77. The molecule has 6 nitrogen and oxygen atoms in total. The quantitative estimate of drug-likeness (QED) is 0.514. The molecular formula is C22H20O6. The summed E-state index contributed by atoms with van der Waals surface area (Å²) in [6.45, 7) is 0.351. The van der Waals surface area contributed by atoms with Gasteiger partial charge in [-0.2, -0.15) is 0 Å². The highest BCUT2D eigenvalue weighted by molar-refractivity contribution is 5.52. The number of fused-ring (bicyclic) bond motifs is 1. The number of phenols is 4. The second kappa shape index (κ2) is 7.32. The lowest BCUT2D eigenvalue weighted by Gasteiger charge is -2.34. The summed E-state index contributed by atoms with van der Waals surface area (Å²) in [6.07, 6.45) is -0.684. The topological polar surface area (TPSA) is 99.4 Å². The first-order valence-electron chi connectivity index (χ1n) is 8.90. The van der Waals surface area contributed by atoms with Crippen molar-refractivity contribution in [2.75, 3.05) is 0 Å². The monoisotopic (exact) mass is 380 g/mol. The smallest absolute Gasteiger partial charge is 0.157 e. The molecule has 0 aromatic heterocycles. The van der Waals surface area contributed by atoms with Crippen molar-refractivity contribution in [1.29, 1.82) is 0 Å². The highest BCUT2D eigenvalue weighted by Gasteiger charge is 2.34. The van der Waals surface area contributed by atoms with Gasteiger partial charge in [0.15, 0.2) is 17.6 Å². The van der Waals surface area contributed by atoms with Gasteiger partial charge in [-0.25, -0.2) is 0 Å². The van der Waals surface area contributed by atoms with Crippen LogP contribution in [-0.2, 0) is 17.8 Å². The van der Waals surface area contributed by atoms with E-state index in [4.69, 9.17) is 9.47 Å². The van der Waals surface area contributed by atoms with Gasteiger partial charge in [-0.1, -0.05) is 36.4 Å². The first-order chi connectivity index (χ1) is 13.5. The molecule has 0 fully saturated rings. The molecule has 0 spiro atoms. The van der Waals surface area contributed by atoms with E-state index < -0.39 is 12.2 Å². The van der Waals surface area contributed by atoms with Gasteiger partial charge in [0.2, 0.25) is 0 Å². The van der Waals surface area contributed by atoms with Crippen LogP contribution in [0.4, 0.5) is 0 Å². The van der Waals surface area contributed by atoms with Crippen molar-refractivity contribution < 1.29 is 29.9 Å². The van der Waals surface area contributed by atoms with Crippen LogP contribution in [0, 0.1) is 0 Å². The van der Waals surface area contributed by atoms with Gasteiger partial charge >= 0.3 is 0 Å². The van der Waals surface area contributed by atoms with E-state index in [1.54, 1.807) is 6.07 Å². The predicted molar refractivity (Wildman–Crippen MR) is 102 cm³/mol. The molecule has 0 amide bonds. The van der Waals surface area contributed by atoms with Crippen LogP contribution in [0.5, 0.6) is 28.7 Å². The molecule has 0 unspecified atom stereocenters. The molecule has 2 atom stereocenters. The van der Waals surface area contributed by atoms with E-state index in [0.29, 0.717) is 29.9 Å². The lowest BCUT2D eigenvalue weighted by Crippen LogP contribution is -2.33. The molecule has 0 saturated heterocycles. The Kier molecular flexibility index (Phi) is 4.71. The summed E-state index contributed by atoms with van der Waals surface area (Å²) in [7, 11) is 0. The summed E-state index contributed by atoms with van der Waals surface area (Å²) >= 11 is 0. The number of ether oxygens (including phenoxy) is 2. The van der Waals surface area contributed by atoms with E-state index in [2.05, 4.69) is 0 Å². The van der Waals surface area contributed by atoms with Crippen molar-refractivity contribution in [3.63, 3.8) is 0 Å². The van der Waals surface area contributed by atoms with Crippen LogP contribution in [0.25, 0.3) is 0 Å². The maximum atomic E-state index is 10.2. The summed E-state index contributed by atoms with van der Waals surface area (Å²) in [5.74, 6) is -0.290. The van der Waals surface area contributed by atoms with E-state index >= 15 is 0 Å². The normalized spacial score (nSPS) is 18.3. The van der Waals surface area contributed by atoms with Crippen LogP contribution in [0.3, 0.4) is 0 Å². The zero-order valence-corrected chi connectivity index (χ0v) is 14.9. The van der Waals surface area contributed by atoms with Gasteiger partial charge in [0, 0.05) is 24.1 Å². The van der Waals surface area contributed by atoms with Gasteiger partial charge in [-0.15, -0.1) is 0 Å². The van der Waals surface area contributed by atoms with Crippen LogP contribution >= 0.6 is 0 Å². The molecule has 3 aromatic rings. The molecule has 0 saturated carbocycles. The Morgan fingerprint density at radius 1 is 0.857 bits per heavy atom. The van der Waals surface area contributed by atoms with Crippen LogP contribution in [0.15, 0.2) is 60.7 Å². The van der Waals surface area contributed by atoms with Gasteiger partial charge in [0.1, 0.15) is 23.4 Å². The van der Waals surface area contributed by atoms with Gasteiger partial charge in [0.05, 0.1) is 6.61 Å². The zero-order chi connectivity index (χ0) is 19.7. The molecule has 3 aromatic carbocycles. The molecule has 1 aliphatic rings. The third-order valence-corrected chi connectivity index (χ3v) is 4.80. The summed E-state index contributed by atoms with van der Waals surface area (Å²) in [5.41, 5.74) is 2.16. The van der Waals surface area contributed by atoms with E-state index in [-0.39, 0.29) is 23.0 Å². The molecule has 0 radical (unpaired) electrons. The standard InChI is InChI=1S/C22H20O6/c23-15-9-18(25)16-11-21(27-12-13-4-2-1-3-5-13)22(28-20(16)10-15)14-6-7-17(24)19(26)8-14/h1-10,21-26H,11-12H2/t21-,22+/m1/s1. The Morgan fingerprint density at radius 3 is 2.39 bits per heavy atom. The average Bonchev–Trinajstić information content (AvgIpc) is 2.69. The van der Waals surface area contributed by atoms with Crippen LogP contribution < -0.4 is 4.74 Å². The molecule has 0 aliphatic carbocycles. The first-order valence-corrected chi connectivity index (χ1v) is 8.90. The van der Waals surface area contributed by atoms with Crippen molar-refractivity contribution >= 4 is 0 Å². The van der Waals surface area contributed by atoms with Crippen LogP contribution in [-0.4, -0.2) is 26.5 Å². The summed E-state index contributed by atoms with van der Waals surface area (Å²) in [6, 6.07) is 16.8. The maximum absolute atomic E-state index is 10.2. The number of phenolic OH excluding ortho intramolecular Hbond substituents is 4. The van der Waals surface area contributed by atoms with Crippen LogP contribution in [0.2, 0.25) is 0 Å². The fourth-order valence-corrected chi connectivity index (χ4v) is 3.37. The van der Waals surface area contributed by atoms with Gasteiger partial charge in [0.25, 0.3) is 0 Å². The Hall–Kier alpha value is -3.38. The van der Waals surface area contributed by atoms with Crippen molar-refractivity contribution in [1.82, 2.24) is 0 Å². The SMILES string of the molecule is Oc1cc(O)c2c(c1)O[C@@H](c1ccc(O)c(O)c1)[C@H](OCc1ccccc1)C2. The fraction of sp³-hybridized carbons (Fsp3) is 0.182. The number of rotatable bonds is 4. The van der Waals surface area contributed by atoms with Gasteiger partial charge < -0.3 is 29.9 Å². The minimum absolute atomic E-state index is 0.0599.